The van der Waals surface area contributed by atoms with Crippen LogP contribution in [0.5, 0.6) is 0 Å². The molecule has 10 heteroatoms. The molecule has 2 amide bonds. The van der Waals surface area contributed by atoms with Gasteiger partial charge in [-0.3, -0.25) is 14.5 Å². The van der Waals surface area contributed by atoms with E-state index in [1.165, 1.54) is 29.2 Å². The van der Waals surface area contributed by atoms with Crippen LogP contribution in [-0.4, -0.2) is 28.5 Å². The Labute approximate surface area is 184 Å². The first-order chi connectivity index (χ1) is 15.7. The van der Waals surface area contributed by atoms with Crippen LogP contribution in [0.25, 0.3) is 22.4 Å². The van der Waals surface area contributed by atoms with Crippen LogP contribution in [0, 0.1) is 6.92 Å². The van der Waals surface area contributed by atoms with Crippen LogP contribution < -0.4 is 10.2 Å². The van der Waals surface area contributed by atoms with Gasteiger partial charge in [-0.25, -0.2) is 4.98 Å². The highest BCUT2D eigenvalue weighted by Crippen LogP contribution is 2.38. The van der Waals surface area contributed by atoms with E-state index < -0.39 is 23.6 Å². The predicted octanol–water partition coefficient (Wildman–Crippen LogP) is 4.82. The quantitative estimate of drug-likeness (QED) is 0.471. The van der Waals surface area contributed by atoms with Crippen molar-refractivity contribution in [1.82, 2.24) is 10.1 Å². The lowest BCUT2D eigenvalue weighted by atomic mass is 10.00. The average Bonchev–Trinajstić information content (AvgIpc) is 3.17. The van der Waals surface area contributed by atoms with Crippen LogP contribution in [0.3, 0.4) is 0 Å². The summed E-state index contributed by atoms with van der Waals surface area (Å²) in [6.07, 6.45) is -4.63. The number of hydrogen-bond donors (Lipinski definition) is 1. The highest BCUT2D eigenvalue weighted by atomic mass is 19.4. The van der Waals surface area contributed by atoms with Gasteiger partial charge in [0.25, 0.3) is 11.6 Å². The van der Waals surface area contributed by atoms with Crippen molar-refractivity contribution in [3.63, 3.8) is 0 Å². The molecule has 0 bridgehead atoms. The normalized spacial score (nSPS) is 13.7. The SMILES string of the molecule is Cc1noc2nc(-c3ccccc3C(F)(F)F)cc(C(=O)N3CC(=O)Nc4ccccc43)c12. The van der Waals surface area contributed by atoms with Crippen molar-refractivity contribution < 1.29 is 27.3 Å². The molecule has 166 valence electrons. The van der Waals surface area contributed by atoms with Gasteiger partial charge in [-0.2, -0.15) is 13.2 Å². The molecule has 1 aliphatic rings. The van der Waals surface area contributed by atoms with E-state index in [-0.39, 0.29) is 34.5 Å². The second-order valence-electron chi connectivity index (χ2n) is 7.50. The highest BCUT2D eigenvalue weighted by molar-refractivity contribution is 6.19. The lowest BCUT2D eigenvalue weighted by molar-refractivity contribution is -0.137. The first-order valence-corrected chi connectivity index (χ1v) is 9.88. The summed E-state index contributed by atoms with van der Waals surface area (Å²) in [6, 6.07) is 13.0. The number of nitrogens with one attached hydrogen (secondary N) is 1. The molecule has 0 fully saturated rings. The van der Waals surface area contributed by atoms with E-state index in [1.807, 2.05) is 0 Å². The van der Waals surface area contributed by atoms with Crippen LogP contribution in [0.2, 0.25) is 0 Å². The summed E-state index contributed by atoms with van der Waals surface area (Å²) in [7, 11) is 0. The largest absolute Gasteiger partial charge is 0.417 e. The number of carbonyl (C=O) groups is 2. The third-order valence-electron chi connectivity index (χ3n) is 5.37. The maximum absolute atomic E-state index is 13.7. The van der Waals surface area contributed by atoms with Crippen molar-refractivity contribution in [2.45, 2.75) is 13.1 Å². The predicted molar refractivity (Wildman–Crippen MR) is 114 cm³/mol. The van der Waals surface area contributed by atoms with Gasteiger partial charge in [-0.05, 0) is 31.2 Å². The number of hydrogen-bond acceptors (Lipinski definition) is 5. The molecular formula is C23H15F3N4O3. The molecule has 1 aliphatic heterocycles. The maximum Gasteiger partial charge on any atom is 0.417 e. The fourth-order valence-electron chi connectivity index (χ4n) is 3.91. The third-order valence-corrected chi connectivity index (χ3v) is 5.37. The number of carbonyl (C=O) groups excluding carboxylic acids is 2. The molecule has 7 nitrogen and oxygen atoms in total. The number of fused-ring (bicyclic) bond motifs is 2. The zero-order chi connectivity index (χ0) is 23.3. The van der Waals surface area contributed by atoms with E-state index in [9.17, 15) is 22.8 Å². The summed E-state index contributed by atoms with van der Waals surface area (Å²) < 4.78 is 46.1. The molecule has 33 heavy (non-hydrogen) atoms. The van der Waals surface area contributed by atoms with Crippen molar-refractivity contribution in [3.8, 4) is 11.3 Å². The lowest BCUT2D eigenvalue weighted by Gasteiger charge is -2.29. The van der Waals surface area contributed by atoms with Gasteiger partial charge in [-0.1, -0.05) is 35.5 Å². The van der Waals surface area contributed by atoms with E-state index in [0.717, 1.165) is 6.07 Å². The zero-order valence-electron chi connectivity index (χ0n) is 17.1. The summed E-state index contributed by atoms with van der Waals surface area (Å²) in [6.45, 7) is 1.35. The lowest BCUT2D eigenvalue weighted by Crippen LogP contribution is -2.42. The number of para-hydroxylation sites is 2. The van der Waals surface area contributed by atoms with Gasteiger partial charge in [-0.15, -0.1) is 0 Å². The minimum absolute atomic E-state index is 0.0373. The fourth-order valence-corrected chi connectivity index (χ4v) is 3.91. The average molecular weight is 452 g/mol. The molecule has 0 saturated heterocycles. The smallest absolute Gasteiger partial charge is 0.335 e. The monoisotopic (exact) mass is 452 g/mol. The number of nitrogens with zero attached hydrogens (tertiary/aromatic N) is 3. The number of amides is 2. The number of aromatic nitrogens is 2. The number of pyridine rings is 1. The Balaban J connectivity index is 1.71. The third kappa shape index (κ3) is 3.49. The zero-order valence-corrected chi connectivity index (χ0v) is 17.1. The van der Waals surface area contributed by atoms with E-state index in [4.69, 9.17) is 4.52 Å². The van der Waals surface area contributed by atoms with Crippen molar-refractivity contribution in [3.05, 3.63) is 71.4 Å². The van der Waals surface area contributed by atoms with Gasteiger partial charge >= 0.3 is 6.18 Å². The topological polar surface area (TPSA) is 88.3 Å². The number of benzene rings is 2. The van der Waals surface area contributed by atoms with E-state index in [0.29, 0.717) is 17.1 Å². The first-order valence-electron chi connectivity index (χ1n) is 9.88. The Bertz CT molecular complexity index is 1430. The number of alkyl halides is 3. The standard InChI is InChI=1S/C23H15F3N4O3/c1-12-20-14(22(32)30-11-19(31)27-16-8-4-5-9-18(16)30)10-17(28-21(20)33-29-12)13-6-2-3-7-15(13)23(24,25)26/h2-10H,11H2,1H3,(H,27,31). The van der Waals surface area contributed by atoms with Gasteiger partial charge < -0.3 is 9.84 Å². The first kappa shape index (κ1) is 20.7. The van der Waals surface area contributed by atoms with E-state index in [1.54, 1.807) is 31.2 Å². The molecule has 0 saturated carbocycles. The molecule has 0 aliphatic carbocycles. The summed E-state index contributed by atoms with van der Waals surface area (Å²) in [5, 5.41) is 6.81. The van der Waals surface area contributed by atoms with Gasteiger partial charge in [0.05, 0.1) is 39.3 Å². The molecule has 4 aromatic rings. The Morgan fingerprint density at radius 1 is 1.12 bits per heavy atom. The van der Waals surface area contributed by atoms with E-state index in [2.05, 4.69) is 15.5 Å². The molecule has 0 radical (unpaired) electrons. The second-order valence-corrected chi connectivity index (χ2v) is 7.50. The maximum atomic E-state index is 13.7. The number of halogens is 3. The molecule has 1 N–H and O–H groups in total. The molecule has 3 heterocycles. The van der Waals surface area contributed by atoms with Crippen LogP contribution in [-0.2, 0) is 11.0 Å². The van der Waals surface area contributed by atoms with Crippen LogP contribution in [0.4, 0.5) is 24.5 Å². The summed E-state index contributed by atoms with van der Waals surface area (Å²) in [5.74, 6) is -0.973. The molecule has 0 atom stereocenters. The number of anilines is 2. The van der Waals surface area contributed by atoms with Gasteiger partial charge in [0.1, 0.15) is 6.54 Å². The Hall–Kier alpha value is -4.21. The summed E-state index contributed by atoms with van der Waals surface area (Å²) in [5.41, 5.74) is 0.0580. The minimum atomic E-state index is -4.63. The van der Waals surface area contributed by atoms with Gasteiger partial charge in [0.2, 0.25) is 5.91 Å². The minimum Gasteiger partial charge on any atom is -0.335 e. The van der Waals surface area contributed by atoms with Crippen molar-refractivity contribution in [1.29, 1.82) is 0 Å². The van der Waals surface area contributed by atoms with Gasteiger partial charge in [0.15, 0.2) is 0 Å². The van der Waals surface area contributed by atoms with Crippen LogP contribution in [0.15, 0.2) is 59.1 Å². The van der Waals surface area contributed by atoms with Crippen LogP contribution >= 0.6 is 0 Å². The summed E-state index contributed by atoms with van der Waals surface area (Å²) in [4.78, 5) is 31.4. The van der Waals surface area contributed by atoms with Crippen molar-refractivity contribution in [2.24, 2.45) is 0 Å². The molecule has 0 spiro atoms. The number of rotatable bonds is 2. The molecular weight excluding hydrogens is 437 g/mol. The highest BCUT2D eigenvalue weighted by Gasteiger charge is 2.35. The molecule has 0 unspecified atom stereocenters. The fraction of sp³-hybridized carbons (Fsp3) is 0.130. The second kappa shape index (κ2) is 7.44. The van der Waals surface area contributed by atoms with Gasteiger partial charge in [0, 0.05) is 5.56 Å². The van der Waals surface area contributed by atoms with Crippen molar-refractivity contribution >= 4 is 34.3 Å². The molecule has 5 rings (SSSR count). The Morgan fingerprint density at radius 3 is 2.64 bits per heavy atom. The number of aryl methyl sites for hydroxylation is 1. The van der Waals surface area contributed by atoms with Crippen molar-refractivity contribution in [2.75, 3.05) is 16.8 Å². The molecule has 2 aromatic heterocycles. The Morgan fingerprint density at radius 2 is 1.85 bits per heavy atom. The molecule has 2 aromatic carbocycles. The van der Waals surface area contributed by atoms with Crippen LogP contribution in [0.1, 0.15) is 21.6 Å². The Kier molecular flexibility index (Phi) is 4.66. The summed E-state index contributed by atoms with van der Waals surface area (Å²) >= 11 is 0. The van der Waals surface area contributed by atoms with E-state index >= 15 is 0 Å².